The molecule has 0 bridgehead atoms. The predicted octanol–water partition coefficient (Wildman–Crippen LogP) is 2.20. The van der Waals surface area contributed by atoms with Crippen molar-refractivity contribution in [3.8, 4) is 0 Å². The summed E-state index contributed by atoms with van der Waals surface area (Å²) in [5.74, 6) is -1.07. The first-order valence-corrected chi connectivity index (χ1v) is 5.71. The number of benzene rings is 1. The highest BCUT2D eigenvalue weighted by atomic mass is 19.1. The molecule has 0 aliphatic rings. The van der Waals surface area contributed by atoms with Crippen LogP contribution >= 0.6 is 0 Å². The Morgan fingerprint density at radius 3 is 2.67 bits per heavy atom. The van der Waals surface area contributed by atoms with E-state index in [9.17, 15) is 8.78 Å². The van der Waals surface area contributed by atoms with Gasteiger partial charge in [-0.15, -0.1) is 0 Å². The maximum Gasteiger partial charge on any atom is 0.129 e. The summed E-state index contributed by atoms with van der Waals surface area (Å²) in [5.41, 5.74) is 1.44. The van der Waals surface area contributed by atoms with Gasteiger partial charge in [-0.2, -0.15) is 5.10 Å². The third-order valence-corrected chi connectivity index (χ3v) is 3.00. The van der Waals surface area contributed by atoms with Gasteiger partial charge in [-0.1, -0.05) is 6.07 Å². The van der Waals surface area contributed by atoms with E-state index in [1.54, 1.807) is 17.9 Å². The zero-order valence-electron chi connectivity index (χ0n) is 10.3. The van der Waals surface area contributed by atoms with Crippen LogP contribution in [0.5, 0.6) is 0 Å². The van der Waals surface area contributed by atoms with Crippen LogP contribution in [0.2, 0.25) is 0 Å². The van der Waals surface area contributed by atoms with E-state index in [2.05, 4.69) is 10.4 Å². The number of nitrogens with zero attached hydrogens (tertiary/aromatic N) is 2. The number of hydrogen-bond acceptors (Lipinski definition) is 2. The molecule has 0 fully saturated rings. The van der Waals surface area contributed by atoms with Crippen molar-refractivity contribution in [3.63, 3.8) is 0 Å². The zero-order valence-corrected chi connectivity index (χ0v) is 10.3. The Morgan fingerprint density at radius 1 is 1.33 bits per heavy atom. The van der Waals surface area contributed by atoms with Crippen molar-refractivity contribution in [1.82, 2.24) is 15.1 Å². The smallest absolute Gasteiger partial charge is 0.129 e. The van der Waals surface area contributed by atoms with Crippen LogP contribution in [-0.4, -0.2) is 16.8 Å². The fourth-order valence-electron chi connectivity index (χ4n) is 1.99. The van der Waals surface area contributed by atoms with Crippen molar-refractivity contribution in [2.75, 3.05) is 7.05 Å². The first-order valence-electron chi connectivity index (χ1n) is 5.71. The molecule has 18 heavy (non-hydrogen) atoms. The zero-order chi connectivity index (χ0) is 13.1. The highest BCUT2D eigenvalue weighted by Crippen LogP contribution is 2.19. The third-order valence-electron chi connectivity index (χ3n) is 3.00. The van der Waals surface area contributed by atoms with Gasteiger partial charge in [-0.25, -0.2) is 8.78 Å². The van der Waals surface area contributed by atoms with Crippen molar-refractivity contribution in [2.45, 2.75) is 12.5 Å². The molecule has 2 aromatic rings. The molecule has 1 heterocycles. The van der Waals surface area contributed by atoms with E-state index in [0.717, 1.165) is 11.8 Å². The van der Waals surface area contributed by atoms with Crippen LogP contribution in [0.4, 0.5) is 8.78 Å². The highest BCUT2D eigenvalue weighted by Gasteiger charge is 2.15. The van der Waals surface area contributed by atoms with Crippen LogP contribution in [0, 0.1) is 11.6 Å². The van der Waals surface area contributed by atoms with E-state index in [0.29, 0.717) is 12.0 Å². The number of halogens is 2. The molecule has 1 unspecified atom stereocenters. The Labute approximate surface area is 104 Å². The van der Waals surface area contributed by atoms with Gasteiger partial charge in [-0.05, 0) is 31.2 Å². The molecule has 96 valence electrons. The van der Waals surface area contributed by atoms with Crippen molar-refractivity contribution >= 4 is 0 Å². The molecular formula is C13H15F2N3. The molecule has 1 aromatic heterocycles. The molecule has 5 heteroatoms. The van der Waals surface area contributed by atoms with E-state index in [1.807, 2.05) is 13.1 Å². The summed E-state index contributed by atoms with van der Waals surface area (Å²) in [6, 6.07) is 5.48. The number of hydrogen-bond donors (Lipinski definition) is 1. The molecule has 0 spiro atoms. The molecule has 0 amide bonds. The van der Waals surface area contributed by atoms with Crippen molar-refractivity contribution in [1.29, 1.82) is 0 Å². The second kappa shape index (κ2) is 5.27. The van der Waals surface area contributed by atoms with Gasteiger partial charge in [0.15, 0.2) is 0 Å². The summed E-state index contributed by atoms with van der Waals surface area (Å²) in [5, 5.41) is 7.20. The topological polar surface area (TPSA) is 29.9 Å². The molecular weight excluding hydrogens is 236 g/mol. The van der Waals surface area contributed by atoms with Crippen LogP contribution < -0.4 is 5.32 Å². The number of nitrogens with one attached hydrogen (secondary N) is 1. The number of rotatable bonds is 4. The second-order valence-electron chi connectivity index (χ2n) is 4.16. The first-order chi connectivity index (χ1) is 8.61. The van der Waals surface area contributed by atoms with Crippen LogP contribution in [0.1, 0.15) is 17.3 Å². The van der Waals surface area contributed by atoms with E-state index in [1.165, 1.54) is 12.1 Å². The molecule has 1 aromatic carbocycles. The van der Waals surface area contributed by atoms with Gasteiger partial charge in [-0.3, -0.25) is 4.68 Å². The Kier molecular flexibility index (Phi) is 3.72. The quantitative estimate of drug-likeness (QED) is 0.902. The molecule has 0 radical (unpaired) electrons. The lowest BCUT2D eigenvalue weighted by atomic mass is 10.0. The maximum atomic E-state index is 13.6. The van der Waals surface area contributed by atoms with E-state index in [-0.39, 0.29) is 6.04 Å². The molecule has 1 N–H and O–H groups in total. The van der Waals surface area contributed by atoms with Crippen molar-refractivity contribution < 1.29 is 8.78 Å². The minimum Gasteiger partial charge on any atom is -0.311 e. The van der Waals surface area contributed by atoms with Gasteiger partial charge in [0.05, 0.1) is 11.7 Å². The molecule has 0 saturated heterocycles. The highest BCUT2D eigenvalue weighted by molar-refractivity contribution is 5.21. The summed E-state index contributed by atoms with van der Waals surface area (Å²) >= 11 is 0. The third kappa shape index (κ3) is 2.56. The average molecular weight is 251 g/mol. The monoisotopic (exact) mass is 251 g/mol. The van der Waals surface area contributed by atoms with Crippen molar-refractivity contribution in [2.24, 2.45) is 7.05 Å². The number of aryl methyl sites for hydroxylation is 1. The van der Waals surface area contributed by atoms with Gasteiger partial charge in [0.25, 0.3) is 0 Å². The van der Waals surface area contributed by atoms with Gasteiger partial charge in [0.1, 0.15) is 11.6 Å². The van der Waals surface area contributed by atoms with E-state index >= 15 is 0 Å². The lowest BCUT2D eigenvalue weighted by Crippen LogP contribution is -2.22. The van der Waals surface area contributed by atoms with Gasteiger partial charge in [0.2, 0.25) is 0 Å². The SMILES string of the molecule is CNC(Cc1ccc(F)cc1F)c1ccnn1C. The van der Waals surface area contributed by atoms with Gasteiger partial charge in [0, 0.05) is 19.3 Å². The summed E-state index contributed by atoms with van der Waals surface area (Å²) in [4.78, 5) is 0. The first kappa shape index (κ1) is 12.7. The second-order valence-corrected chi connectivity index (χ2v) is 4.16. The molecule has 0 aliphatic heterocycles. The molecule has 0 saturated carbocycles. The molecule has 2 rings (SSSR count). The summed E-state index contributed by atoms with van der Waals surface area (Å²) < 4.78 is 28.2. The van der Waals surface area contributed by atoms with E-state index in [4.69, 9.17) is 0 Å². The summed E-state index contributed by atoms with van der Waals surface area (Å²) in [6.07, 6.45) is 2.14. The predicted molar refractivity (Wildman–Crippen MR) is 65.1 cm³/mol. The summed E-state index contributed by atoms with van der Waals surface area (Å²) in [6.45, 7) is 0. The Balaban J connectivity index is 2.23. The lowest BCUT2D eigenvalue weighted by molar-refractivity contribution is 0.514. The van der Waals surface area contributed by atoms with Gasteiger partial charge >= 0.3 is 0 Å². The standard InChI is InChI=1S/C13H15F2N3/c1-16-12(13-5-6-17-18(13)2)7-9-3-4-10(14)8-11(9)15/h3-6,8,12,16H,7H2,1-2H3. The number of likely N-dealkylation sites (N-methyl/N-ethyl adjacent to an activating group) is 1. The largest absolute Gasteiger partial charge is 0.311 e. The Bertz CT molecular complexity index is 537. The lowest BCUT2D eigenvalue weighted by Gasteiger charge is -2.17. The van der Waals surface area contributed by atoms with Crippen LogP contribution in [0.15, 0.2) is 30.5 Å². The molecule has 1 atom stereocenters. The Morgan fingerprint density at radius 2 is 2.11 bits per heavy atom. The normalized spacial score (nSPS) is 12.7. The fraction of sp³-hybridized carbons (Fsp3) is 0.308. The maximum absolute atomic E-state index is 13.6. The van der Waals surface area contributed by atoms with Gasteiger partial charge < -0.3 is 5.32 Å². The molecule has 0 aliphatic carbocycles. The molecule has 3 nitrogen and oxygen atoms in total. The summed E-state index contributed by atoms with van der Waals surface area (Å²) in [7, 11) is 3.64. The van der Waals surface area contributed by atoms with Crippen LogP contribution in [0.3, 0.4) is 0 Å². The van der Waals surface area contributed by atoms with Crippen LogP contribution in [0.25, 0.3) is 0 Å². The van der Waals surface area contributed by atoms with Crippen molar-refractivity contribution in [3.05, 3.63) is 53.4 Å². The minimum atomic E-state index is -0.558. The van der Waals surface area contributed by atoms with E-state index < -0.39 is 11.6 Å². The fourth-order valence-corrected chi connectivity index (χ4v) is 1.99. The number of aromatic nitrogens is 2. The average Bonchev–Trinajstić information content (AvgIpc) is 2.75. The Hall–Kier alpha value is -1.75. The minimum absolute atomic E-state index is 0.0579. The van der Waals surface area contributed by atoms with Crippen LogP contribution in [-0.2, 0) is 13.5 Å².